The van der Waals surface area contributed by atoms with E-state index in [4.69, 9.17) is 9.47 Å². The summed E-state index contributed by atoms with van der Waals surface area (Å²) in [6.45, 7) is 2.69. The first-order valence-electron chi connectivity index (χ1n) is 17.4. The Morgan fingerprint density at radius 3 is 2.45 bits per heavy atom. The van der Waals surface area contributed by atoms with Crippen LogP contribution in [0.2, 0.25) is 0 Å². The molecule has 3 aliphatic heterocycles. The van der Waals surface area contributed by atoms with E-state index in [1.807, 2.05) is 91.0 Å². The molecular weight excluding hydrogens is 644 g/mol. The first kappa shape index (κ1) is 33.0. The van der Waals surface area contributed by atoms with Crippen molar-refractivity contribution >= 4 is 34.2 Å². The lowest BCUT2D eigenvalue weighted by molar-refractivity contribution is -0.253. The molecule has 3 atom stereocenters. The molecule has 3 fully saturated rings. The number of aliphatic hydroxyl groups is 1. The second-order valence-corrected chi connectivity index (χ2v) is 13.4. The molecule has 11 heteroatoms. The van der Waals surface area contributed by atoms with Crippen LogP contribution in [0.25, 0.3) is 11.0 Å². The van der Waals surface area contributed by atoms with Gasteiger partial charge in [-0.2, -0.15) is 0 Å². The number of carbonyl (C=O) groups is 2. The molecule has 11 nitrogen and oxygen atoms in total. The number of fused-ring (bicyclic) bond motifs is 1. The lowest BCUT2D eigenvalue weighted by atomic mass is 9.85. The number of amides is 2. The number of hydrogen-bond acceptors (Lipinski definition) is 9. The van der Waals surface area contributed by atoms with Crippen molar-refractivity contribution in [2.75, 3.05) is 36.5 Å². The van der Waals surface area contributed by atoms with Crippen LogP contribution in [0.15, 0.2) is 109 Å². The number of rotatable bonds is 8. The van der Waals surface area contributed by atoms with E-state index in [-0.39, 0.29) is 36.3 Å². The smallest absolute Gasteiger partial charge is 0.275 e. The molecule has 5 aromatic rings. The van der Waals surface area contributed by atoms with Crippen molar-refractivity contribution in [3.63, 3.8) is 0 Å². The highest BCUT2D eigenvalue weighted by Gasteiger charge is 2.50. The second-order valence-electron chi connectivity index (χ2n) is 13.4. The third-order valence-corrected chi connectivity index (χ3v) is 10.3. The van der Waals surface area contributed by atoms with E-state index in [1.54, 1.807) is 0 Å². The predicted molar refractivity (Wildman–Crippen MR) is 193 cm³/mol. The Morgan fingerprint density at radius 2 is 1.67 bits per heavy atom. The van der Waals surface area contributed by atoms with Crippen molar-refractivity contribution in [2.45, 2.75) is 49.9 Å². The highest BCUT2D eigenvalue weighted by molar-refractivity contribution is 6.03. The van der Waals surface area contributed by atoms with Gasteiger partial charge in [0.15, 0.2) is 6.29 Å². The highest BCUT2D eigenvalue weighted by atomic mass is 16.7. The fourth-order valence-corrected chi connectivity index (χ4v) is 7.48. The van der Waals surface area contributed by atoms with Crippen LogP contribution in [0, 0.1) is 0 Å². The van der Waals surface area contributed by atoms with Gasteiger partial charge in [-0.05, 0) is 60.4 Å². The summed E-state index contributed by atoms with van der Waals surface area (Å²) in [7, 11) is 0. The van der Waals surface area contributed by atoms with Gasteiger partial charge in [-0.1, -0.05) is 66.7 Å². The van der Waals surface area contributed by atoms with Crippen LogP contribution in [-0.2, 0) is 20.9 Å². The first-order valence-corrected chi connectivity index (χ1v) is 17.4. The zero-order valence-corrected chi connectivity index (χ0v) is 28.2. The van der Waals surface area contributed by atoms with Crippen LogP contribution in [0.1, 0.15) is 58.8 Å². The van der Waals surface area contributed by atoms with Crippen molar-refractivity contribution in [2.24, 2.45) is 0 Å². The zero-order chi connectivity index (χ0) is 34.8. The van der Waals surface area contributed by atoms with Gasteiger partial charge in [-0.25, -0.2) is 4.98 Å². The van der Waals surface area contributed by atoms with Crippen LogP contribution in [0.5, 0.6) is 0 Å². The standard InChI is InChI=1S/C40H40N6O5/c47-25-27-13-15-28(16-14-27)36-22-32(24-45-19-17-40(18-20-45)39(49)42-26-46(40)31-9-2-1-3-10-31)50-38(51-36)29-7-6-8-30(21-29)43-37(48)35-23-41-33-11-4-5-12-34(33)44-35/h1-16,21,23,32,36,38,47H,17-20,22,24-26H2,(H,42,49)(H,43,48). The van der Waals surface area contributed by atoms with Gasteiger partial charge < -0.3 is 35.0 Å². The first-order chi connectivity index (χ1) is 25.0. The Labute approximate surface area is 296 Å². The molecule has 2 amide bonds. The van der Waals surface area contributed by atoms with Gasteiger partial charge in [-0.15, -0.1) is 0 Å². The molecule has 8 rings (SSSR count). The number of nitrogens with zero attached hydrogens (tertiary/aromatic N) is 4. The predicted octanol–water partition coefficient (Wildman–Crippen LogP) is 5.35. The second kappa shape index (κ2) is 14.2. The van der Waals surface area contributed by atoms with Crippen molar-refractivity contribution in [1.29, 1.82) is 0 Å². The Balaban J connectivity index is 0.988. The number of para-hydroxylation sites is 3. The molecule has 1 spiro atoms. The lowest BCUT2D eigenvalue weighted by Crippen LogP contribution is -2.57. The molecule has 4 heterocycles. The Morgan fingerprint density at radius 1 is 0.902 bits per heavy atom. The number of hydrogen-bond donors (Lipinski definition) is 3. The van der Waals surface area contributed by atoms with E-state index >= 15 is 0 Å². The minimum atomic E-state index is -0.686. The van der Waals surface area contributed by atoms with Crippen LogP contribution in [0.4, 0.5) is 11.4 Å². The molecule has 260 valence electrons. The minimum Gasteiger partial charge on any atom is -0.392 e. The van der Waals surface area contributed by atoms with Crippen molar-refractivity contribution < 1.29 is 24.2 Å². The van der Waals surface area contributed by atoms with Crippen molar-refractivity contribution in [3.8, 4) is 0 Å². The molecule has 0 aliphatic carbocycles. The molecule has 0 bridgehead atoms. The van der Waals surface area contributed by atoms with Gasteiger partial charge in [0.1, 0.15) is 11.2 Å². The van der Waals surface area contributed by atoms with Gasteiger partial charge in [0.2, 0.25) is 5.91 Å². The maximum Gasteiger partial charge on any atom is 0.275 e. The maximum atomic E-state index is 13.2. The molecule has 3 saturated heterocycles. The summed E-state index contributed by atoms with van der Waals surface area (Å²) >= 11 is 0. The van der Waals surface area contributed by atoms with Gasteiger partial charge >= 0.3 is 0 Å². The minimum absolute atomic E-state index is 0.0281. The summed E-state index contributed by atoms with van der Waals surface area (Å²) in [4.78, 5) is 39.9. The summed E-state index contributed by atoms with van der Waals surface area (Å²) in [6, 6.07) is 32.9. The average molecular weight is 685 g/mol. The van der Waals surface area contributed by atoms with Crippen LogP contribution >= 0.6 is 0 Å². The summed E-state index contributed by atoms with van der Waals surface area (Å²) < 4.78 is 13.3. The van der Waals surface area contributed by atoms with E-state index in [0.717, 1.165) is 53.8 Å². The Bertz CT molecular complexity index is 2020. The molecule has 3 N–H and O–H groups in total. The zero-order valence-electron chi connectivity index (χ0n) is 28.2. The van der Waals surface area contributed by atoms with Crippen LogP contribution in [0.3, 0.4) is 0 Å². The summed E-state index contributed by atoms with van der Waals surface area (Å²) in [5.74, 6) is -0.264. The monoisotopic (exact) mass is 684 g/mol. The largest absolute Gasteiger partial charge is 0.392 e. The summed E-state index contributed by atoms with van der Waals surface area (Å²) in [5, 5.41) is 15.7. The topological polar surface area (TPSA) is 129 Å². The van der Waals surface area contributed by atoms with E-state index in [9.17, 15) is 14.7 Å². The van der Waals surface area contributed by atoms with Gasteiger partial charge in [0.05, 0.1) is 42.7 Å². The molecule has 4 aromatic carbocycles. The number of aromatic nitrogens is 2. The normalized spacial score (nSPS) is 21.9. The molecule has 0 saturated carbocycles. The Kier molecular flexibility index (Phi) is 9.18. The number of carbonyl (C=O) groups excluding carboxylic acids is 2. The van der Waals surface area contributed by atoms with E-state index in [1.165, 1.54) is 6.20 Å². The number of aliphatic hydroxyl groups excluding tert-OH is 1. The third kappa shape index (κ3) is 6.81. The molecule has 1 aromatic heterocycles. The number of anilines is 2. The van der Waals surface area contributed by atoms with Crippen LogP contribution < -0.4 is 15.5 Å². The molecule has 51 heavy (non-hydrogen) atoms. The van der Waals surface area contributed by atoms with Gasteiger partial charge in [0, 0.05) is 43.0 Å². The summed E-state index contributed by atoms with van der Waals surface area (Å²) in [6.07, 6.45) is 2.46. The SMILES string of the molecule is O=C(Nc1cccc(C2OC(CN3CCC4(CC3)C(=O)NCN4c3ccccc3)CC(c3ccc(CO)cc3)O2)c1)c1cnc2ccccc2n1. The Hall–Kier alpha value is -5.20. The molecule has 0 radical (unpaired) electrons. The lowest BCUT2D eigenvalue weighted by Gasteiger charge is -2.45. The summed E-state index contributed by atoms with van der Waals surface area (Å²) in [5.41, 5.74) is 5.29. The van der Waals surface area contributed by atoms with E-state index in [0.29, 0.717) is 30.8 Å². The third-order valence-electron chi connectivity index (χ3n) is 10.3. The average Bonchev–Trinajstić information content (AvgIpc) is 3.50. The van der Waals surface area contributed by atoms with Crippen molar-refractivity contribution in [3.05, 3.63) is 132 Å². The maximum absolute atomic E-state index is 13.2. The van der Waals surface area contributed by atoms with Gasteiger partial charge in [-0.3, -0.25) is 14.6 Å². The molecule has 3 unspecified atom stereocenters. The van der Waals surface area contributed by atoms with Crippen LogP contribution in [-0.4, -0.2) is 69.7 Å². The van der Waals surface area contributed by atoms with E-state index in [2.05, 4.69) is 42.5 Å². The van der Waals surface area contributed by atoms with Gasteiger partial charge in [0.25, 0.3) is 5.91 Å². The number of likely N-dealkylation sites (tertiary alicyclic amines) is 1. The quantitative estimate of drug-likeness (QED) is 0.198. The van der Waals surface area contributed by atoms with E-state index < -0.39 is 11.8 Å². The molecule has 3 aliphatic rings. The fraction of sp³-hybridized carbons (Fsp3) is 0.300. The van der Waals surface area contributed by atoms with Crippen molar-refractivity contribution in [1.82, 2.24) is 20.2 Å². The highest BCUT2D eigenvalue weighted by Crippen LogP contribution is 2.40. The number of piperidine rings is 1. The fourth-order valence-electron chi connectivity index (χ4n) is 7.48. The number of nitrogens with one attached hydrogen (secondary N) is 2. The molecular formula is C40H40N6O5. The number of ether oxygens (including phenoxy) is 2. The number of benzene rings is 4.